The Labute approximate surface area is 134 Å². The predicted octanol–water partition coefficient (Wildman–Crippen LogP) is 4.05. The van der Waals surface area contributed by atoms with E-state index in [1.807, 2.05) is 13.8 Å². The van der Waals surface area contributed by atoms with Crippen molar-refractivity contribution in [3.05, 3.63) is 46.6 Å². The average molecular weight is 300 g/mol. The quantitative estimate of drug-likeness (QED) is 0.468. The molecule has 1 rings (SSSR count). The molecule has 0 aromatic heterocycles. The van der Waals surface area contributed by atoms with Crippen molar-refractivity contribution in [2.75, 3.05) is 0 Å². The van der Waals surface area contributed by atoms with E-state index in [2.05, 4.69) is 49.7 Å². The lowest BCUT2D eigenvalue weighted by atomic mass is 9.99. The van der Waals surface area contributed by atoms with Gasteiger partial charge in [-0.15, -0.1) is 0 Å². The van der Waals surface area contributed by atoms with Crippen LogP contribution in [0.1, 0.15) is 47.5 Å². The highest BCUT2D eigenvalue weighted by Crippen LogP contribution is 2.36. The van der Waals surface area contributed by atoms with Crippen molar-refractivity contribution in [3.63, 3.8) is 0 Å². The zero-order valence-corrected chi connectivity index (χ0v) is 14.4. The monoisotopic (exact) mass is 300 g/mol. The number of hydrogen-bond acceptors (Lipinski definition) is 4. The summed E-state index contributed by atoms with van der Waals surface area (Å²) in [6.07, 6.45) is 5.40. The molecule has 1 fully saturated rings. The van der Waals surface area contributed by atoms with Crippen LogP contribution in [0.25, 0.3) is 0 Å². The highest BCUT2D eigenvalue weighted by molar-refractivity contribution is 5.74. The molecule has 0 saturated heterocycles. The third-order valence-electron chi connectivity index (χ3n) is 3.81. The second-order valence-electron chi connectivity index (χ2n) is 6.35. The van der Waals surface area contributed by atoms with Crippen molar-refractivity contribution in [1.29, 1.82) is 5.41 Å². The molecule has 0 atom stereocenters. The topological polar surface area (TPSA) is 60.3 Å². The van der Waals surface area contributed by atoms with Gasteiger partial charge in [-0.1, -0.05) is 12.2 Å². The smallest absolute Gasteiger partial charge is 0.129 e. The number of nitrogens with one attached hydrogen (secondary N) is 3. The molecule has 22 heavy (non-hydrogen) atoms. The number of nitrogens with zero attached hydrogens (tertiary/aromatic N) is 1. The van der Waals surface area contributed by atoms with Gasteiger partial charge in [0.25, 0.3) is 0 Å². The highest BCUT2D eigenvalue weighted by Gasteiger charge is 2.38. The van der Waals surface area contributed by atoms with Crippen LogP contribution < -0.4 is 10.6 Å². The van der Waals surface area contributed by atoms with E-state index in [4.69, 9.17) is 5.41 Å². The molecule has 120 valence electrons. The van der Waals surface area contributed by atoms with Crippen LogP contribution in [-0.2, 0) is 0 Å². The number of allylic oxidation sites excluding steroid dienone is 3. The molecule has 0 spiro atoms. The summed E-state index contributed by atoms with van der Waals surface area (Å²) < 4.78 is 0. The first kappa shape index (κ1) is 18.0. The molecule has 4 nitrogen and oxygen atoms in total. The summed E-state index contributed by atoms with van der Waals surface area (Å²) in [4.78, 5) is 4.17. The van der Waals surface area contributed by atoms with E-state index < -0.39 is 0 Å². The van der Waals surface area contributed by atoms with E-state index in [1.165, 1.54) is 6.21 Å². The maximum Gasteiger partial charge on any atom is 0.129 e. The van der Waals surface area contributed by atoms with Gasteiger partial charge in [-0.25, -0.2) is 4.99 Å². The van der Waals surface area contributed by atoms with Crippen molar-refractivity contribution in [2.24, 2.45) is 4.99 Å². The Balaban J connectivity index is 3.08. The second kappa shape index (κ2) is 7.25. The lowest BCUT2D eigenvalue weighted by Gasteiger charge is -2.20. The molecule has 0 aromatic carbocycles. The number of aliphatic imine (C=N–C) groups is 1. The standard InChI is InChI=1S/C18H28N4/c1-12(2)16(15(5)21-11-13(3)10-19)14(4)17(20-7)22-18(6)8-9-18/h10-11,19,21-22H,5,7-9H2,1-4,6H3/b13-11-,17-14-,19-10?. The molecule has 0 radical (unpaired) electrons. The van der Waals surface area contributed by atoms with Crippen molar-refractivity contribution in [1.82, 2.24) is 10.6 Å². The molecular formula is C18H28N4. The molecular weight excluding hydrogens is 272 g/mol. The van der Waals surface area contributed by atoms with Crippen molar-refractivity contribution < 1.29 is 0 Å². The predicted molar refractivity (Wildman–Crippen MR) is 96.2 cm³/mol. The third kappa shape index (κ3) is 4.72. The fourth-order valence-corrected chi connectivity index (χ4v) is 2.19. The Kier molecular flexibility index (Phi) is 5.92. The van der Waals surface area contributed by atoms with E-state index in [1.54, 1.807) is 6.20 Å². The Bertz CT molecular complexity index is 568. The molecule has 0 bridgehead atoms. The summed E-state index contributed by atoms with van der Waals surface area (Å²) in [6.45, 7) is 18.0. The van der Waals surface area contributed by atoms with Gasteiger partial charge in [0.15, 0.2) is 0 Å². The summed E-state index contributed by atoms with van der Waals surface area (Å²) in [7, 11) is 0. The lowest BCUT2D eigenvalue weighted by molar-refractivity contribution is 0.601. The molecule has 1 saturated carbocycles. The Hall–Kier alpha value is -2.10. The van der Waals surface area contributed by atoms with Gasteiger partial charge in [-0.2, -0.15) is 0 Å². The van der Waals surface area contributed by atoms with Crippen LogP contribution in [0.4, 0.5) is 0 Å². The van der Waals surface area contributed by atoms with E-state index >= 15 is 0 Å². The van der Waals surface area contributed by atoms with Crippen molar-refractivity contribution in [3.8, 4) is 0 Å². The van der Waals surface area contributed by atoms with Gasteiger partial charge in [0.2, 0.25) is 0 Å². The SMILES string of the molecule is C=N/C(NC1(C)CC1)=C(\C)C(C(=C)N/C=C(/C)C=N)=C(C)C. The Morgan fingerprint density at radius 3 is 2.23 bits per heavy atom. The fourth-order valence-electron chi connectivity index (χ4n) is 2.19. The van der Waals surface area contributed by atoms with Crippen LogP contribution >= 0.6 is 0 Å². The normalized spacial score (nSPS) is 17.0. The third-order valence-corrected chi connectivity index (χ3v) is 3.81. The van der Waals surface area contributed by atoms with Gasteiger partial charge in [-0.3, -0.25) is 0 Å². The van der Waals surface area contributed by atoms with Crippen molar-refractivity contribution >= 4 is 12.9 Å². The molecule has 0 amide bonds. The van der Waals surface area contributed by atoms with Gasteiger partial charge < -0.3 is 16.0 Å². The van der Waals surface area contributed by atoms with Crippen LogP contribution in [0.2, 0.25) is 0 Å². The largest absolute Gasteiger partial charge is 0.365 e. The first-order valence-electron chi connectivity index (χ1n) is 7.51. The van der Waals surface area contributed by atoms with Crippen LogP contribution in [-0.4, -0.2) is 18.5 Å². The second-order valence-corrected chi connectivity index (χ2v) is 6.35. The minimum absolute atomic E-state index is 0.149. The van der Waals surface area contributed by atoms with E-state index in [9.17, 15) is 0 Å². The molecule has 4 heteroatoms. The molecule has 1 aliphatic rings. The van der Waals surface area contributed by atoms with Gasteiger partial charge >= 0.3 is 0 Å². The summed E-state index contributed by atoms with van der Waals surface area (Å²) in [5.74, 6) is 0.812. The summed E-state index contributed by atoms with van der Waals surface area (Å²) in [5, 5.41) is 13.9. The van der Waals surface area contributed by atoms with E-state index in [-0.39, 0.29) is 5.54 Å². The van der Waals surface area contributed by atoms with Gasteiger partial charge in [0.05, 0.1) is 0 Å². The first-order valence-corrected chi connectivity index (χ1v) is 7.51. The van der Waals surface area contributed by atoms with Crippen LogP contribution in [0.15, 0.2) is 51.6 Å². The van der Waals surface area contributed by atoms with Gasteiger partial charge in [0, 0.05) is 34.8 Å². The molecule has 0 aromatic rings. The van der Waals surface area contributed by atoms with Crippen LogP contribution in [0.5, 0.6) is 0 Å². The maximum atomic E-state index is 7.22. The van der Waals surface area contributed by atoms with Gasteiger partial charge in [0.1, 0.15) is 5.82 Å². The van der Waals surface area contributed by atoms with Crippen molar-refractivity contribution in [2.45, 2.75) is 53.0 Å². The summed E-state index contributed by atoms with van der Waals surface area (Å²) in [6, 6.07) is 0. The lowest BCUT2D eigenvalue weighted by Crippen LogP contribution is -2.27. The minimum atomic E-state index is 0.149. The molecule has 3 N–H and O–H groups in total. The van der Waals surface area contributed by atoms with Crippen LogP contribution in [0, 0.1) is 5.41 Å². The maximum absolute atomic E-state index is 7.22. The van der Waals surface area contributed by atoms with E-state index in [0.29, 0.717) is 0 Å². The summed E-state index contributed by atoms with van der Waals surface area (Å²) in [5.41, 5.74) is 4.99. The Morgan fingerprint density at radius 2 is 1.82 bits per heavy atom. The molecule has 0 unspecified atom stereocenters. The average Bonchev–Trinajstić information content (AvgIpc) is 3.19. The Morgan fingerprint density at radius 1 is 1.23 bits per heavy atom. The zero-order chi connectivity index (χ0) is 16.9. The minimum Gasteiger partial charge on any atom is -0.365 e. The highest BCUT2D eigenvalue weighted by atomic mass is 15.1. The van der Waals surface area contributed by atoms with Crippen LogP contribution in [0.3, 0.4) is 0 Å². The molecule has 0 heterocycles. The van der Waals surface area contributed by atoms with E-state index in [0.717, 1.165) is 46.7 Å². The molecule has 0 aliphatic heterocycles. The number of rotatable bonds is 8. The zero-order valence-electron chi connectivity index (χ0n) is 14.4. The van der Waals surface area contributed by atoms with Gasteiger partial charge in [-0.05, 0) is 59.8 Å². The first-order chi connectivity index (χ1) is 10.2. The molecule has 1 aliphatic carbocycles. The fraction of sp³-hybridized carbons (Fsp3) is 0.444. The number of hydrogen-bond donors (Lipinski definition) is 3. The summed E-state index contributed by atoms with van der Waals surface area (Å²) >= 11 is 0.